The van der Waals surface area contributed by atoms with Crippen molar-refractivity contribution < 1.29 is 13.2 Å². The standard InChI is InChI=1S/C12H17NO3S/c1-16-7-6-13-8-10-9-17(14,15)12-5-3-2-4-11(10)12/h2-5,10,13H,6-9H2,1H3. The molecule has 0 saturated heterocycles. The first-order chi connectivity index (χ1) is 8.15. The van der Waals surface area contributed by atoms with E-state index in [1.165, 1.54) is 0 Å². The fourth-order valence-electron chi connectivity index (χ4n) is 2.16. The molecule has 0 aliphatic carbocycles. The minimum atomic E-state index is -3.07. The Bertz CT molecular complexity index is 484. The van der Waals surface area contributed by atoms with Crippen molar-refractivity contribution in [2.45, 2.75) is 10.8 Å². The van der Waals surface area contributed by atoms with E-state index in [-0.39, 0.29) is 11.7 Å². The first kappa shape index (κ1) is 12.5. The molecule has 0 amide bonds. The lowest BCUT2D eigenvalue weighted by Crippen LogP contribution is -2.25. The van der Waals surface area contributed by atoms with Gasteiger partial charge in [0.05, 0.1) is 17.3 Å². The Morgan fingerprint density at radius 3 is 2.94 bits per heavy atom. The second-order valence-corrected chi connectivity index (χ2v) is 6.22. The zero-order valence-electron chi connectivity index (χ0n) is 9.85. The van der Waals surface area contributed by atoms with Gasteiger partial charge in [-0.15, -0.1) is 0 Å². The lowest BCUT2D eigenvalue weighted by atomic mass is 10.0. The SMILES string of the molecule is COCCNCC1CS(=O)(=O)c2ccccc21. The van der Waals surface area contributed by atoms with E-state index in [1.54, 1.807) is 19.2 Å². The van der Waals surface area contributed by atoms with Gasteiger partial charge >= 0.3 is 0 Å². The molecular formula is C12H17NO3S. The van der Waals surface area contributed by atoms with E-state index in [1.807, 2.05) is 12.1 Å². The maximum atomic E-state index is 11.9. The topological polar surface area (TPSA) is 55.4 Å². The average molecular weight is 255 g/mol. The third-order valence-electron chi connectivity index (χ3n) is 2.99. The van der Waals surface area contributed by atoms with Crippen molar-refractivity contribution in [2.24, 2.45) is 0 Å². The molecule has 4 nitrogen and oxygen atoms in total. The van der Waals surface area contributed by atoms with Crippen LogP contribution >= 0.6 is 0 Å². The van der Waals surface area contributed by atoms with Gasteiger partial charge in [0.15, 0.2) is 9.84 Å². The number of hydrogen-bond donors (Lipinski definition) is 1. The van der Waals surface area contributed by atoms with Gasteiger partial charge in [-0.05, 0) is 11.6 Å². The number of nitrogens with one attached hydrogen (secondary N) is 1. The molecule has 1 N–H and O–H groups in total. The quantitative estimate of drug-likeness (QED) is 0.791. The molecule has 0 fully saturated rings. The minimum Gasteiger partial charge on any atom is -0.383 e. The zero-order valence-corrected chi connectivity index (χ0v) is 10.7. The van der Waals surface area contributed by atoms with Crippen LogP contribution in [0.1, 0.15) is 11.5 Å². The van der Waals surface area contributed by atoms with Gasteiger partial charge in [0, 0.05) is 26.1 Å². The van der Waals surface area contributed by atoms with E-state index in [9.17, 15) is 8.42 Å². The summed E-state index contributed by atoms with van der Waals surface area (Å²) < 4.78 is 28.7. The second-order valence-electron chi connectivity index (χ2n) is 4.21. The molecule has 1 aliphatic rings. The van der Waals surface area contributed by atoms with Gasteiger partial charge in [-0.25, -0.2) is 8.42 Å². The number of methoxy groups -OCH3 is 1. The molecule has 0 radical (unpaired) electrons. The molecule has 1 atom stereocenters. The summed E-state index contributed by atoms with van der Waals surface area (Å²) in [5.74, 6) is 0.278. The van der Waals surface area contributed by atoms with E-state index in [0.29, 0.717) is 18.0 Å². The van der Waals surface area contributed by atoms with Crippen LogP contribution in [0.25, 0.3) is 0 Å². The van der Waals surface area contributed by atoms with Gasteiger partial charge in [-0.3, -0.25) is 0 Å². The summed E-state index contributed by atoms with van der Waals surface area (Å²) in [7, 11) is -1.42. The summed E-state index contributed by atoms with van der Waals surface area (Å²) >= 11 is 0. The van der Waals surface area contributed by atoms with Crippen LogP contribution < -0.4 is 5.32 Å². The molecule has 0 spiro atoms. The summed E-state index contributed by atoms with van der Waals surface area (Å²) in [6.07, 6.45) is 0. The first-order valence-electron chi connectivity index (χ1n) is 5.66. The third kappa shape index (κ3) is 2.68. The van der Waals surface area contributed by atoms with Gasteiger partial charge in [0.25, 0.3) is 0 Å². The Labute approximate surface area is 102 Å². The molecule has 1 aromatic rings. The van der Waals surface area contributed by atoms with Crippen LogP contribution in [0, 0.1) is 0 Å². The maximum Gasteiger partial charge on any atom is 0.179 e. The number of sulfone groups is 1. The molecule has 17 heavy (non-hydrogen) atoms. The number of rotatable bonds is 5. The molecule has 94 valence electrons. The molecule has 1 aliphatic heterocycles. The molecule has 5 heteroatoms. The highest BCUT2D eigenvalue weighted by atomic mass is 32.2. The smallest absolute Gasteiger partial charge is 0.179 e. The molecule has 0 aromatic heterocycles. The Morgan fingerprint density at radius 1 is 1.41 bits per heavy atom. The summed E-state index contributed by atoms with van der Waals surface area (Å²) in [5.41, 5.74) is 0.942. The molecule has 1 aromatic carbocycles. The van der Waals surface area contributed by atoms with Crippen LogP contribution in [-0.4, -0.2) is 41.0 Å². The van der Waals surface area contributed by atoms with Crippen LogP contribution in [0.5, 0.6) is 0 Å². The van der Waals surface area contributed by atoms with Gasteiger partial charge in [-0.2, -0.15) is 0 Å². The average Bonchev–Trinajstić information content (AvgIpc) is 2.58. The number of ether oxygens (including phenoxy) is 1. The van der Waals surface area contributed by atoms with E-state index >= 15 is 0 Å². The van der Waals surface area contributed by atoms with Gasteiger partial charge in [0.2, 0.25) is 0 Å². The fraction of sp³-hybridized carbons (Fsp3) is 0.500. The molecule has 0 bridgehead atoms. The number of benzene rings is 1. The molecule has 2 rings (SSSR count). The van der Waals surface area contributed by atoms with Crippen molar-refractivity contribution in [3.8, 4) is 0 Å². The molecule has 0 saturated carbocycles. The lowest BCUT2D eigenvalue weighted by molar-refractivity contribution is 0.199. The lowest BCUT2D eigenvalue weighted by Gasteiger charge is -2.10. The summed E-state index contributed by atoms with van der Waals surface area (Å²) in [4.78, 5) is 0.499. The zero-order chi connectivity index (χ0) is 12.3. The van der Waals surface area contributed by atoms with Gasteiger partial charge < -0.3 is 10.1 Å². The molecular weight excluding hydrogens is 238 g/mol. The molecule has 1 unspecified atom stereocenters. The highest BCUT2D eigenvalue weighted by Gasteiger charge is 2.33. The van der Waals surface area contributed by atoms with Crippen LogP contribution in [-0.2, 0) is 14.6 Å². The second kappa shape index (κ2) is 5.16. The van der Waals surface area contributed by atoms with Crippen molar-refractivity contribution in [1.29, 1.82) is 0 Å². The normalized spacial score (nSPS) is 21.4. The van der Waals surface area contributed by atoms with E-state index in [4.69, 9.17) is 4.74 Å². The number of hydrogen-bond acceptors (Lipinski definition) is 4. The molecule has 1 heterocycles. The van der Waals surface area contributed by atoms with Gasteiger partial charge in [0.1, 0.15) is 0 Å². The largest absolute Gasteiger partial charge is 0.383 e. The first-order valence-corrected chi connectivity index (χ1v) is 7.31. The highest BCUT2D eigenvalue weighted by Crippen LogP contribution is 2.33. The Kier molecular flexibility index (Phi) is 3.81. The highest BCUT2D eigenvalue weighted by molar-refractivity contribution is 7.91. The van der Waals surface area contributed by atoms with E-state index in [2.05, 4.69) is 5.32 Å². The fourth-order valence-corrected chi connectivity index (χ4v) is 4.05. The van der Waals surface area contributed by atoms with Crippen molar-refractivity contribution >= 4 is 9.84 Å². The monoisotopic (exact) mass is 255 g/mol. The Morgan fingerprint density at radius 2 is 2.18 bits per heavy atom. The summed E-state index contributed by atoms with van der Waals surface area (Å²) in [6.45, 7) is 2.07. The van der Waals surface area contributed by atoms with Crippen LogP contribution in [0.2, 0.25) is 0 Å². The third-order valence-corrected chi connectivity index (χ3v) is 4.87. The Balaban J connectivity index is 2.07. The number of fused-ring (bicyclic) bond motifs is 1. The van der Waals surface area contributed by atoms with E-state index in [0.717, 1.165) is 12.1 Å². The summed E-state index contributed by atoms with van der Waals surface area (Å²) in [5, 5.41) is 3.22. The summed E-state index contributed by atoms with van der Waals surface area (Å²) in [6, 6.07) is 7.27. The Hall–Kier alpha value is -0.910. The van der Waals surface area contributed by atoms with Crippen LogP contribution in [0.4, 0.5) is 0 Å². The van der Waals surface area contributed by atoms with Gasteiger partial charge in [-0.1, -0.05) is 18.2 Å². The van der Waals surface area contributed by atoms with Crippen LogP contribution in [0.15, 0.2) is 29.2 Å². The van der Waals surface area contributed by atoms with Crippen molar-refractivity contribution in [2.75, 3.05) is 32.6 Å². The predicted molar refractivity (Wildman–Crippen MR) is 66.0 cm³/mol. The van der Waals surface area contributed by atoms with Crippen molar-refractivity contribution in [1.82, 2.24) is 5.32 Å². The van der Waals surface area contributed by atoms with E-state index < -0.39 is 9.84 Å². The van der Waals surface area contributed by atoms with Crippen LogP contribution in [0.3, 0.4) is 0 Å². The maximum absolute atomic E-state index is 11.9. The minimum absolute atomic E-state index is 0.0630. The predicted octanol–water partition coefficient (Wildman–Crippen LogP) is 0.793. The van der Waals surface area contributed by atoms with Crippen molar-refractivity contribution in [3.63, 3.8) is 0 Å². The van der Waals surface area contributed by atoms with Crippen molar-refractivity contribution in [3.05, 3.63) is 29.8 Å².